The van der Waals surface area contributed by atoms with Gasteiger partial charge in [0.2, 0.25) is 0 Å². The fourth-order valence-corrected chi connectivity index (χ4v) is 2.41. The topological polar surface area (TPSA) is 48.6 Å². The zero-order valence-corrected chi connectivity index (χ0v) is 13.5. The van der Waals surface area contributed by atoms with Crippen molar-refractivity contribution in [2.75, 3.05) is 49.2 Å². The average molecular weight is 335 g/mol. The Labute approximate surface area is 134 Å². The summed E-state index contributed by atoms with van der Waals surface area (Å²) in [4.78, 5) is 19.2. The number of hydrogen-bond donors (Lipinski definition) is 1. The van der Waals surface area contributed by atoms with Crippen LogP contribution in [0, 0.1) is 0 Å². The first-order valence-electron chi connectivity index (χ1n) is 7.72. The quantitative estimate of drug-likeness (QED) is 0.899. The Bertz CT molecular complexity index is 476. The molecule has 23 heavy (non-hydrogen) atoms. The molecule has 1 aromatic rings. The third-order valence-electron chi connectivity index (χ3n) is 3.41. The molecule has 0 bridgehead atoms. The summed E-state index contributed by atoms with van der Waals surface area (Å²) in [5.74, 6) is 0.915. The number of aromatic amines is 1. The standard InChI is InChI=1S/C14H23N3O2.CHF3/c1-3-5-16(4-2)13-10-12(11-14(18)15-13)17-6-8-19-9-7-17;2-1(3)4/h10-11H,3-9H2,1-2H3,(H,15,18);1H. The van der Waals surface area contributed by atoms with Crippen LogP contribution in [-0.2, 0) is 4.74 Å². The predicted octanol–water partition coefficient (Wildman–Crippen LogP) is 2.63. The molecule has 132 valence electrons. The minimum atomic E-state index is -3.67. The van der Waals surface area contributed by atoms with Crippen molar-refractivity contribution in [3.8, 4) is 0 Å². The van der Waals surface area contributed by atoms with E-state index >= 15 is 0 Å². The Balaban J connectivity index is 0.000000593. The van der Waals surface area contributed by atoms with Gasteiger partial charge < -0.3 is 19.5 Å². The molecule has 1 N–H and O–H groups in total. The predicted molar refractivity (Wildman–Crippen MR) is 85.4 cm³/mol. The maximum absolute atomic E-state index is 11.8. The van der Waals surface area contributed by atoms with Crippen molar-refractivity contribution < 1.29 is 17.9 Å². The number of H-pyrrole nitrogens is 1. The summed E-state index contributed by atoms with van der Waals surface area (Å²) in [6, 6.07) is 3.75. The molecule has 0 amide bonds. The molecule has 1 aliphatic rings. The monoisotopic (exact) mass is 335 g/mol. The summed E-state index contributed by atoms with van der Waals surface area (Å²) in [6.07, 6.45) is 1.07. The van der Waals surface area contributed by atoms with Crippen LogP contribution in [-0.4, -0.2) is 51.1 Å². The van der Waals surface area contributed by atoms with E-state index in [9.17, 15) is 18.0 Å². The van der Waals surface area contributed by atoms with Crippen LogP contribution in [0.2, 0.25) is 0 Å². The fraction of sp³-hybridized carbons (Fsp3) is 0.667. The van der Waals surface area contributed by atoms with Crippen molar-refractivity contribution in [1.29, 1.82) is 0 Å². The molecule has 0 saturated carbocycles. The Morgan fingerprint density at radius 2 is 1.87 bits per heavy atom. The van der Waals surface area contributed by atoms with E-state index in [4.69, 9.17) is 4.74 Å². The van der Waals surface area contributed by atoms with Crippen molar-refractivity contribution in [1.82, 2.24) is 4.98 Å². The first kappa shape index (κ1) is 19.3. The number of aromatic nitrogens is 1. The molecule has 0 atom stereocenters. The number of halogens is 3. The van der Waals surface area contributed by atoms with Gasteiger partial charge in [-0.05, 0) is 13.3 Å². The molecule has 2 rings (SSSR count). The van der Waals surface area contributed by atoms with Gasteiger partial charge in [0.15, 0.2) is 0 Å². The minimum Gasteiger partial charge on any atom is -0.378 e. The van der Waals surface area contributed by atoms with E-state index in [1.165, 1.54) is 0 Å². The molecule has 0 aromatic carbocycles. The average Bonchev–Trinajstić information content (AvgIpc) is 2.52. The van der Waals surface area contributed by atoms with Crippen LogP contribution in [0.3, 0.4) is 0 Å². The highest BCUT2D eigenvalue weighted by Gasteiger charge is 2.14. The zero-order valence-electron chi connectivity index (χ0n) is 13.5. The number of morpholine rings is 1. The van der Waals surface area contributed by atoms with E-state index in [0.717, 1.165) is 57.3 Å². The molecule has 1 fully saturated rings. The molecule has 8 heteroatoms. The van der Waals surface area contributed by atoms with Crippen LogP contribution >= 0.6 is 0 Å². The van der Waals surface area contributed by atoms with Gasteiger partial charge in [0, 0.05) is 44.0 Å². The molecule has 0 aliphatic carbocycles. The Morgan fingerprint density at radius 3 is 2.39 bits per heavy atom. The van der Waals surface area contributed by atoms with Crippen LogP contribution in [0.25, 0.3) is 0 Å². The SMILES string of the molecule is CCCN(CC)c1cc(N2CCOCC2)cc(=O)[nH]1.FC(F)F. The van der Waals surface area contributed by atoms with Crippen molar-refractivity contribution in [2.24, 2.45) is 0 Å². The first-order chi connectivity index (χ1) is 11.0. The molecule has 2 heterocycles. The van der Waals surface area contributed by atoms with Gasteiger partial charge in [-0.2, -0.15) is 13.2 Å². The van der Waals surface area contributed by atoms with Gasteiger partial charge in [0.1, 0.15) is 5.82 Å². The van der Waals surface area contributed by atoms with E-state index < -0.39 is 6.68 Å². The number of nitrogens with zero attached hydrogens (tertiary/aromatic N) is 2. The van der Waals surface area contributed by atoms with E-state index in [1.54, 1.807) is 6.07 Å². The largest absolute Gasteiger partial charge is 0.379 e. The Morgan fingerprint density at radius 1 is 1.26 bits per heavy atom. The van der Waals surface area contributed by atoms with Crippen LogP contribution in [0.15, 0.2) is 16.9 Å². The minimum absolute atomic E-state index is 0.0338. The van der Waals surface area contributed by atoms with Gasteiger partial charge in [-0.3, -0.25) is 4.79 Å². The highest BCUT2D eigenvalue weighted by Crippen LogP contribution is 2.19. The number of rotatable bonds is 5. The highest BCUT2D eigenvalue weighted by atomic mass is 19.4. The lowest BCUT2D eigenvalue weighted by atomic mass is 10.3. The number of ether oxygens (including phenoxy) is 1. The molecule has 0 spiro atoms. The van der Waals surface area contributed by atoms with Crippen molar-refractivity contribution >= 4 is 11.5 Å². The second-order valence-corrected chi connectivity index (χ2v) is 5.01. The lowest BCUT2D eigenvalue weighted by Crippen LogP contribution is -2.37. The maximum atomic E-state index is 11.8. The van der Waals surface area contributed by atoms with Crippen molar-refractivity contribution in [2.45, 2.75) is 26.9 Å². The van der Waals surface area contributed by atoms with E-state index in [1.807, 2.05) is 0 Å². The van der Waals surface area contributed by atoms with Crippen LogP contribution in [0.4, 0.5) is 24.7 Å². The highest BCUT2D eigenvalue weighted by molar-refractivity contribution is 5.55. The smallest absolute Gasteiger partial charge is 0.378 e. The second kappa shape index (κ2) is 10.1. The van der Waals surface area contributed by atoms with Crippen LogP contribution in [0.1, 0.15) is 20.3 Å². The third-order valence-corrected chi connectivity index (χ3v) is 3.41. The second-order valence-electron chi connectivity index (χ2n) is 5.01. The van der Waals surface area contributed by atoms with Gasteiger partial charge in [0.05, 0.1) is 13.2 Å². The summed E-state index contributed by atoms with van der Waals surface area (Å²) in [6.45, 7) is 5.60. The lowest BCUT2D eigenvalue weighted by molar-refractivity contribution is 0.00819. The van der Waals surface area contributed by atoms with Gasteiger partial charge >= 0.3 is 6.68 Å². The van der Waals surface area contributed by atoms with Crippen molar-refractivity contribution in [3.05, 3.63) is 22.5 Å². The summed E-state index contributed by atoms with van der Waals surface area (Å²) in [5.41, 5.74) is 0.963. The van der Waals surface area contributed by atoms with Gasteiger partial charge in [-0.1, -0.05) is 6.92 Å². The summed E-state index contributed by atoms with van der Waals surface area (Å²) >= 11 is 0. The number of nitrogens with one attached hydrogen (secondary N) is 1. The van der Waals surface area contributed by atoms with Gasteiger partial charge in [-0.25, -0.2) is 0 Å². The molecule has 0 radical (unpaired) electrons. The number of alkyl halides is 3. The molecular formula is C15H24F3N3O2. The number of anilines is 2. The van der Waals surface area contributed by atoms with E-state index in [2.05, 4.69) is 34.7 Å². The summed E-state index contributed by atoms with van der Waals surface area (Å²) < 4.78 is 34.4. The van der Waals surface area contributed by atoms with E-state index in [-0.39, 0.29) is 5.56 Å². The Kier molecular flexibility index (Phi) is 8.53. The van der Waals surface area contributed by atoms with Gasteiger partial charge in [-0.15, -0.1) is 0 Å². The fourth-order valence-electron chi connectivity index (χ4n) is 2.41. The summed E-state index contributed by atoms with van der Waals surface area (Å²) in [7, 11) is 0. The third kappa shape index (κ3) is 6.94. The maximum Gasteiger partial charge on any atom is 0.379 e. The molecule has 1 aliphatic heterocycles. The normalized spacial score (nSPS) is 14.4. The molecular weight excluding hydrogens is 311 g/mol. The van der Waals surface area contributed by atoms with Gasteiger partial charge in [0.25, 0.3) is 5.56 Å². The lowest BCUT2D eigenvalue weighted by Gasteiger charge is -2.30. The van der Waals surface area contributed by atoms with Crippen LogP contribution in [0.5, 0.6) is 0 Å². The number of pyridine rings is 1. The molecule has 1 saturated heterocycles. The van der Waals surface area contributed by atoms with E-state index in [0.29, 0.717) is 0 Å². The number of hydrogen-bond acceptors (Lipinski definition) is 4. The first-order valence-corrected chi connectivity index (χ1v) is 7.72. The molecule has 1 aromatic heterocycles. The Hall–Kier alpha value is -1.70. The van der Waals surface area contributed by atoms with Crippen molar-refractivity contribution in [3.63, 3.8) is 0 Å². The summed E-state index contributed by atoms with van der Waals surface area (Å²) in [5, 5.41) is 0. The zero-order chi connectivity index (χ0) is 17.2. The molecule has 5 nitrogen and oxygen atoms in total. The molecule has 0 unspecified atom stereocenters. The van der Waals surface area contributed by atoms with Crippen LogP contribution < -0.4 is 15.4 Å².